The van der Waals surface area contributed by atoms with Gasteiger partial charge in [-0.05, 0) is 64.9 Å². The molecule has 2 aromatic rings. The van der Waals surface area contributed by atoms with E-state index in [0.717, 1.165) is 0 Å². The van der Waals surface area contributed by atoms with Crippen molar-refractivity contribution in [3.05, 3.63) is 31.6 Å². The third kappa shape index (κ3) is 2.46. The van der Waals surface area contributed by atoms with E-state index in [4.69, 9.17) is 0 Å². The van der Waals surface area contributed by atoms with E-state index in [-0.39, 0.29) is 5.54 Å². The van der Waals surface area contributed by atoms with E-state index < -0.39 is 8.96 Å². The minimum Gasteiger partial charge on any atom is -0.323 e. The van der Waals surface area contributed by atoms with Gasteiger partial charge < -0.3 is 4.57 Å². The highest BCUT2D eigenvalue weighted by Crippen LogP contribution is 2.53. The number of aryl methyl sites for hydroxylation is 2. The molecule has 0 bridgehead atoms. The quantitative estimate of drug-likeness (QED) is 0.685. The molecule has 1 atom stereocenters. The minimum absolute atomic E-state index is 0.257. The zero-order valence-corrected chi connectivity index (χ0v) is 16.9. The van der Waals surface area contributed by atoms with Gasteiger partial charge in [-0.15, -0.1) is 22.7 Å². The van der Waals surface area contributed by atoms with Crippen molar-refractivity contribution in [1.82, 2.24) is 4.57 Å². The second-order valence-electron chi connectivity index (χ2n) is 7.27. The van der Waals surface area contributed by atoms with Crippen LogP contribution in [0, 0.1) is 13.8 Å². The molecule has 4 heteroatoms. The Hall–Kier alpha value is -0.423. The summed E-state index contributed by atoms with van der Waals surface area (Å²) in [7, 11) is 1.26. The molecule has 2 heterocycles. The Balaban J connectivity index is 2.09. The van der Waals surface area contributed by atoms with Crippen molar-refractivity contribution in [3.63, 3.8) is 0 Å². The van der Waals surface area contributed by atoms with Gasteiger partial charge in [0.1, 0.15) is 8.96 Å². The highest BCUT2D eigenvalue weighted by atomic mass is 32.1. The molecule has 2 aromatic heterocycles. The van der Waals surface area contributed by atoms with Crippen molar-refractivity contribution in [2.45, 2.75) is 52.2 Å². The molecule has 0 aliphatic heterocycles. The van der Waals surface area contributed by atoms with E-state index in [1.54, 1.807) is 9.75 Å². The van der Waals surface area contributed by atoms with Gasteiger partial charge in [0, 0.05) is 30.6 Å². The van der Waals surface area contributed by atoms with Gasteiger partial charge in [-0.1, -0.05) is 6.55 Å². The standard InChI is InChI=1S/C17H25NS2Si/c1-10-8-12-13-9-11(2)20-15(13)16(14(12)19-10)21(7)18(6)17(3,4)5/h8-9,16,21H,1-7H3. The lowest BCUT2D eigenvalue weighted by molar-refractivity contribution is 0.290. The largest absolute Gasteiger partial charge is 0.323 e. The van der Waals surface area contributed by atoms with Crippen LogP contribution in [0.5, 0.6) is 0 Å². The SMILES string of the molecule is Cc1cc2c(s1)C([SiH](C)N(C)C(C)(C)C)c1sc(C)cc1-2. The van der Waals surface area contributed by atoms with E-state index in [1.165, 1.54) is 20.9 Å². The summed E-state index contributed by atoms with van der Waals surface area (Å²) in [6, 6.07) is 4.81. The van der Waals surface area contributed by atoms with E-state index in [2.05, 4.69) is 64.9 Å². The third-order valence-electron chi connectivity index (χ3n) is 4.77. The Labute approximate surface area is 138 Å². The molecular formula is C17H25NS2Si. The van der Waals surface area contributed by atoms with Crippen LogP contribution in [0.1, 0.15) is 45.8 Å². The van der Waals surface area contributed by atoms with Crippen LogP contribution in [0.15, 0.2) is 12.1 Å². The number of hydrogen-bond donors (Lipinski definition) is 0. The molecule has 0 amide bonds. The summed E-state index contributed by atoms with van der Waals surface area (Å²) in [5.41, 5.74) is 4.00. The van der Waals surface area contributed by atoms with Gasteiger partial charge in [-0.3, -0.25) is 0 Å². The maximum Gasteiger partial charge on any atom is 0.122 e. The van der Waals surface area contributed by atoms with Gasteiger partial charge in [0.15, 0.2) is 0 Å². The molecule has 1 unspecified atom stereocenters. The number of thiophene rings is 2. The fraction of sp³-hybridized carbons (Fsp3) is 0.529. The lowest BCUT2D eigenvalue weighted by atomic mass is 10.1. The van der Waals surface area contributed by atoms with Crippen LogP contribution in [0.2, 0.25) is 6.55 Å². The van der Waals surface area contributed by atoms with Crippen LogP contribution in [0.25, 0.3) is 11.1 Å². The van der Waals surface area contributed by atoms with E-state index >= 15 is 0 Å². The van der Waals surface area contributed by atoms with Gasteiger partial charge in [-0.2, -0.15) is 0 Å². The number of nitrogens with zero attached hydrogens (tertiary/aromatic N) is 1. The first-order valence-corrected chi connectivity index (χ1v) is 11.6. The fourth-order valence-electron chi connectivity index (χ4n) is 3.34. The maximum atomic E-state index is 2.67. The summed E-state index contributed by atoms with van der Waals surface area (Å²) in [5, 5.41) is 0. The molecule has 0 saturated heterocycles. The lowest BCUT2D eigenvalue weighted by Crippen LogP contribution is -2.49. The molecule has 21 heavy (non-hydrogen) atoms. The molecule has 0 fully saturated rings. The van der Waals surface area contributed by atoms with Crippen LogP contribution < -0.4 is 0 Å². The van der Waals surface area contributed by atoms with E-state index in [9.17, 15) is 0 Å². The molecule has 3 rings (SSSR count). The highest BCUT2D eigenvalue weighted by molar-refractivity contribution is 7.15. The van der Waals surface area contributed by atoms with Crippen molar-refractivity contribution in [2.24, 2.45) is 0 Å². The van der Waals surface area contributed by atoms with Crippen LogP contribution in [0.4, 0.5) is 0 Å². The van der Waals surface area contributed by atoms with Crippen molar-refractivity contribution >= 4 is 31.6 Å². The summed E-state index contributed by atoms with van der Waals surface area (Å²) in [5.74, 6) is 0. The summed E-state index contributed by atoms with van der Waals surface area (Å²) in [6.07, 6.45) is 0. The highest BCUT2D eigenvalue weighted by Gasteiger charge is 2.40. The van der Waals surface area contributed by atoms with Gasteiger partial charge in [0.05, 0.1) is 0 Å². The summed E-state index contributed by atoms with van der Waals surface area (Å²) >= 11 is 4.05. The van der Waals surface area contributed by atoms with Crippen molar-refractivity contribution in [2.75, 3.05) is 7.05 Å². The maximum absolute atomic E-state index is 2.67. The Morgan fingerprint density at radius 2 is 1.43 bits per heavy atom. The molecule has 0 radical (unpaired) electrons. The van der Waals surface area contributed by atoms with Crippen molar-refractivity contribution in [3.8, 4) is 11.1 Å². The third-order valence-corrected chi connectivity index (χ3v) is 11.2. The monoisotopic (exact) mass is 335 g/mol. The number of fused-ring (bicyclic) bond motifs is 3. The summed E-state index contributed by atoms with van der Waals surface area (Å²) < 4.78 is 2.67. The zero-order chi connectivity index (χ0) is 15.5. The Bertz CT molecular complexity index is 631. The predicted molar refractivity (Wildman–Crippen MR) is 99.5 cm³/mol. The first kappa shape index (κ1) is 15.5. The van der Waals surface area contributed by atoms with Gasteiger partial charge >= 0.3 is 0 Å². The van der Waals surface area contributed by atoms with Gasteiger partial charge in [0.25, 0.3) is 0 Å². The number of hydrogen-bond acceptors (Lipinski definition) is 3. The van der Waals surface area contributed by atoms with Crippen LogP contribution in [0.3, 0.4) is 0 Å². The molecule has 1 aliphatic carbocycles. The first-order chi connectivity index (χ1) is 9.70. The molecule has 0 aromatic carbocycles. The van der Waals surface area contributed by atoms with Crippen molar-refractivity contribution < 1.29 is 0 Å². The van der Waals surface area contributed by atoms with Crippen molar-refractivity contribution in [1.29, 1.82) is 0 Å². The minimum atomic E-state index is -1.07. The van der Waals surface area contributed by atoms with Gasteiger partial charge in [-0.25, -0.2) is 0 Å². The normalized spacial score (nSPS) is 16.4. The molecule has 1 nitrogen and oxygen atoms in total. The van der Waals surface area contributed by atoms with Crippen LogP contribution in [-0.2, 0) is 0 Å². The smallest absolute Gasteiger partial charge is 0.122 e. The molecule has 1 aliphatic rings. The van der Waals surface area contributed by atoms with E-state index in [0.29, 0.717) is 5.54 Å². The van der Waals surface area contributed by atoms with E-state index in [1.807, 2.05) is 22.7 Å². The zero-order valence-electron chi connectivity index (χ0n) is 14.1. The summed E-state index contributed by atoms with van der Waals surface area (Å²) in [6.45, 7) is 14.0. The average Bonchev–Trinajstić information content (AvgIpc) is 2.96. The second-order valence-corrected chi connectivity index (χ2v) is 12.8. The molecule has 0 N–H and O–H groups in total. The predicted octanol–water partition coefficient (Wildman–Crippen LogP) is 5.16. The Kier molecular flexibility index (Phi) is 3.72. The molecular weight excluding hydrogens is 310 g/mol. The Morgan fingerprint density at radius 1 is 1.00 bits per heavy atom. The molecule has 0 spiro atoms. The number of rotatable bonds is 2. The first-order valence-electron chi connectivity index (χ1n) is 7.64. The average molecular weight is 336 g/mol. The van der Waals surface area contributed by atoms with Gasteiger partial charge in [0.2, 0.25) is 0 Å². The lowest BCUT2D eigenvalue weighted by Gasteiger charge is -2.39. The summed E-state index contributed by atoms with van der Waals surface area (Å²) in [4.78, 5) is 6.20. The Morgan fingerprint density at radius 3 is 1.81 bits per heavy atom. The van der Waals surface area contributed by atoms with Crippen LogP contribution >= 0.6 is 22.7 Å². The molecule has 0 saturated carbocycles. The second kappa shape index (κ2) is 5.05. The molecule has 114 valence electrons. The fourth-order valence-corrected chi connectivity index (χ4v) is 10.0. The van der Waals surface area contributed by atoms with Crippen LogP contribution in [-0.4, -0.2) is 26.1 Å². The topological polar surface area (TPSA) is 3.24 Å².